The van der Waals surface area contributed by atoms with Gasteiger partial charge in [0.05, 0.1) is 24.0 Å². The number of aromatic nitrogens is 2. The number of nitrogens with zero attached hydrogens (tertiary/aromatic N) is 3. The first-order valence-corrected chi connectivity index (χ1v) is 4.87. The Morgan fingerprint density at radius 3 is 2.76 bits per heavy atom. The van der Waals surface area contributed by atoms with Crippen molar-refractivity contribution in [3.63, 3.8) is 0 Å². The summed E-state index contributed by atoms with van der Waals surface area (Å²) in [5, 5.41) is 8.72. The van der Waals surface area contributed by atoms with Crippen LogP contribution in [0.3, 0.4) is 0 Å². The Balaban J connectivity index is 2.02. The molecular weight excluding hydrogens is 221 g/mol. The van der Waals surface area contributed by atoms with E-state index in [1.54, 1.807) is 18.2 Å². The maximum atomic E-state index is 12.5. The third-order valence-corrected chi connectivity index (χ3v) is 2.02. The van der Waals surface area contributed by atoms with Crippen molar-refractivity contribution < 1.29 is 9.13 Å². The highest BCUT2D eigenvalue weighted by Gasteiger charge is 2.00. The van der Waals surface area contributed by atoms with E-state index in [0.717, 1.165) is 18.0 Å². The summed E-state index contributed by atoms with van der Waals surface area (Å²) in [5.74, 6) is -0.510. The van der Waals surface area contributed by atoms with E-state index in [0.29, 0.717) is 5.56 Å². The number of hydrogen-bond acceptors (Lipinski definition) is 4. The van der Waals surface area contributed by atoms with Gasteiger partial charge in [0, 0.05) is 0 Å². The quantitative estimate of drug-likeness (QED) is 0.808. The van der Waals surface area contributed by atoms with Crippen molar-refractivity contribution in [2.24, 2.45) is 0 Å². The molecule has 2 rings (SSSR count). The van der Waals surface area contributed by atoms with Gasteiger partial charge in [0.15, 0.2) is 5.82 Å². The van der Waals surface area contributed by atoms with Gasteiger partial charge in [0.1, 0.15) is 6.61 Å². The molecule has 0 aliphatic rings. The molecule has 1 heterocycles. The van der Waals surface area contributed by atoms with Crippen LogP contribution in [-0.4, -0.2) is 9.97 Å². The van der Waals surface area contributed by atoms with Gasteiger partial charge in [0.25, 0.3) is 0 Å². The predicted molar refractivity (Wildman–Crippen MR) is 57.5 cm³/mol. The number of benzene rings is 1. The summed E-state index contributed by atoms with van der Waals surface area (Å²) in [4.78, 5) is 7.33. The molecule has 0 spiro atoms. The first kappa shape index (κ1) is 11.0. The fraction of sp³-hybridized carbons (Fsp3) is 0.0833. The summed E-state index contributed by atoms with van der Waals surface area (Å²) in [6.07, 6.45) is 2.07. The van der Waals surface area contributed by atoms with Crippen LogP contribution in [0.15, 0.2) is 36.7 Å². The van der Waals surface area contributed by atoms with Gasteiger partial charge in [0.2, 0.25) is 0 Å². The number of rotatable bonds is 3. The van der Waals surface area contributed by atoms with Crippen molar-refractivity contribution in [1.29, 1.82) is 5.26 Å². The topological polar surface area (TPSA) is 58.8 Å². The molecule has 0 saturated heterocycles. The molecule has 0 aliphatic carbocycles. The third-order valence-electron chi connectivity index (χ3n) is 2.02. The van der Waals surface area contributed by atoms with Crippen molar-refractivity contribution in [3.8, 4) is 12.1 Å². The smallest absolute Gasteiger partial charge is 0.316 e. The van der Waals surface area contributed by atoms with Crippen molar-refractivity contribution in [1.82, 2.24) is 9.97 Å². The van der Waals surface area contributed by atoms with Gasteiger partial charge in [-0.25, -0.2) is 14.4 Å². The summed E-state index contributed by atoms with van der Waals surface area (Å²) >= 11 is 0. The van der Waals surface area contributed by atoms with E-state index < -0.39 is 5.82 Å². The van der Waals surface area contributed by atoms with Gasteiger partial charge >= 0.3 is 6.01 Å². The van der Waals surface area contributed by atoms with Gasteiger partial charge < -0.3 is 4.74 Å². The molecule has 0 aliphatic heterocycles. The first-order valence-electron chi connectivity index (χ1n) is 4.87. The average Bonchev–Trinajstić information content (AvgIpc) is 2.38. The number of halogens is 1. The molecule has 2 aromatic rings. The van der Waals surface area contributed by atoms with Crippen LogP contribution in [-0.2, 0) is 6.61 Å². The fourth-order valence-electron chi connectivity index (χ4n) is 1.25. The predicted octanol–water partition coefficient (Wildman–Crippen LogP) is 2.07. The lowest BCUT2D eigenvalue weighted by Gasteiger charge is -2.03. The highest BCUT2D eigenvalue weighted by Crippen LogP contribution is 2.08. The van der Waals surface area contributed by atoms with Crippen molar-refractivity contribution in [3.05, 3.63) is 53.6 Å². The first-order chi connectivity index (χ1) is 8.28. The third kappa shape index (κ3) is 2.98. The lowest BCUT2D eigenvalue weighted by Crippen LogP contribution is -1.99. The normalized spacial score (nSPS) is 9.65. The molecule has 0 atom stereocenters. The van der Waals surface area contributed by atoms with E-state index in [2.05, 4.69) is 9.97 Å². The fourth-order valence-corrected chi connectivity index (χ4v) is 1.25. The zero-order valence-electron chi connectivity index (χ0n) is 8.80. The van der Waals surface area contributed by atoms with E-state index in [-0.39, 0.29) is 12.6 Å². The summed E-state index contributed by atoms with van der Waals surface area (Å²) in [6, 6.07) is 9.15. The molecule has 17 heavy (non-hydrogen) atoms. The molecule has 0 saturated carbocycles. The van der Waals surface area contributed by atoms with E-state index in [1.807, 2.05) is 12.1 Å². The van der Waals surface area contributed by atoms with Crippen molar-refractivity contribution in [2.75, 3.05) is 0 Å². The minimum absolute atomic E-state index is 0.105. The Hall–Kier alpha value is -2.48. The summed E-state index contributed by atoms with van der Waals surface area (Å²) in [7, 11) is 0. The van der Waals surface area contributed by atoms with Crippen LogP contribution in [0.1, 0.15) is 11.1 Å². The zero-order valence-corrected chi connectivity index (χ0v) is 8.80. The Bertz CT molecular complexity index is 548. The standard InChI is InChI=1S/C12H8FN3O/c13-11-6-15-12(16-7-11)17-8-10-3-1-2-9(4-10)5-14/h1-4,6-7H,8H2. The van der Waals surface area contributed by atoms with Crippen LogP contribution < -0.4 is 4.74 Å². The average molecular weight is 229 g/mol. The van der Waals surface area contributed by atoms with Crippen LogP contribution in [0.5, 0.6) is 6.01 Å². The second-order valence-electron chi connectivity index (χ2n) is 3.28. The van der Waals surface area contributed by atoms with Crippen molar-refractivity contribution >= 4 is 0 Å². The van der Waals surface area contributed by atoms with Crippen LogP contribution in [0, 0.1) is 17.1 Å². The summed E-state index contributed by atoms with van der Waals surface area (Å²) in [6.45, 7) is 0.237. The summed E-state index contributed by atoms with van der Waals surface area (Å²) < 4.78 is 17.8. The van der Waals surface area contributed by atoms with Gasteiger partial charge in [-0.1, -0.05) is 12.1 Å². The Morgan fingerprint density at radius 2 is 2.06 bits per heavy atom. The molecule has 84 valence electrons. The number of nitriles is 1. The second-order valence-corrected chi connectivity index (χ2v) is 3.28. The van der Waals surface area contributed by atoms with E-state index >= 15 is 0 Å². The zero-order chi connectivity index (χ0) is 12.1. The van der Waals surface area contributed by atoms with E-state index in [4.69, 9.17) is 10.00 Å². The summed E-state index contributed by atoms with van der Waals surface area (Å²) in [5.41, 5.74) is 1.39. The van der Waals surface area contributed by atoms with Crippen LogP contribution in [0.4, 0.5) is 4.39 Å². The van der Waals surface area contributed by atoms with Gasteiger partial charge in [-0.05, 0) is 17.7 Å². The maximum absolute atomic E-state index is 12.5. The minimum atomic E-state index is -0.510. The molecule has 1 aromatic heterocycles. The van der Waals surface area contributed by atoms with E-state index in [1.165, 1.54) is 0 Å². The molecule has 0 amide bonds. The molecule has 0 radical (unpaired) electrons. The van der Waals surface area contributed by atoms with Crippen LogP contribution in [0.25, 0.3) is 0 Å². The molecule has 0 N–H and O–H groups in total. The Labute approximate surface area is 97.3 Å². The van der Waals surface area contributed by atoms with E-state index in [9.17, 15) is 4.39 Å². The van der Waals surface area contributed by atoms with Gasteiger partial charge in [-0.2, -0.15) is 5.26 Å². The minimum Gasteiger partial charge on any atom is -0.459 e. The molecule has 5 heteroatoms. The number of hydrogen-bond donors (Lipinski definition) is 0. The highest BCUT2D eigenvalue weighted by molar-refractivity contribution is 5.32. The SMILES string of the molecule is N#Cc1cccc(COc2ncc(F)cn2)c1. The lowest BCUT2D eigenvalue weighted by atomic mass is 10.1. The van der Waals surface area contributed by atoms with Crippen molar-refractivity contribution in [2.45, 2.75) is 6.61 Å². The van der Waals surface area contributed by atoms with Gasteiger partial charge in [-0.3, -0.25) is 0 Å². The molecule has 1 aromatic carbocycles. The van der Waals surface area contributed by atoms with Crippen LogP contribution >= 0.6 is 0 Å². The van der Waals surface area contributed by atoms with Gasteiger partial charge in [-0.15, -0.1) is 0 Å². The lowest BCUT2D eigenvalue weighted by molar-refractivity contribution is 0.279. The monoisotopic (exact) mass is 229 g/mol. The highest BCUT2D eigenvalue weighted by atomic mass is 19.1. The second kappa shape index (κ2) is 5.03. The molecule has 0 unspecified atom stereocenters. The molecule has 4 nitrogen and oxygen atoms in total. The van der Waals surface area contributed by atoms with Crippen LogP contribution in [0.2, 0.25) is 0 Å². The maximum Gasteiger partial charge on any atom is 0.316 e. The Kier molecular flexibility index (Phi) is 3.26. The number of ether oxygens (including phenoxy) is 1. The molecule has 0 fully saturated rings. The molecular formula is C12H8FN3O. The largest absolute Gasteiger partial charge is 0.459 e. The Morgan fingerprint density at radius 1 is 1.29 bits per heavy atom. The molecule has 0 bridgehead atoms.